The summed E-state index contributed by atoms with van der Waals surface area (Å²) >= 11 is 0. The topological polar surface area (TPSA) is 15.3 Å². The van der Waals surface area contributed by atoms with Gasteiger partial charge in [0.1, 0.15) is 6.17 Å². The SMILES string of the molecule is CC(C)(C)N1CC[C@@H](NCc2ccccc2)[C@@H](F)C1. The summed E-state index contributed by atoms with van der Waals surface area (Å²) in [5.41, 5.74) is 1.28. The Morgan fingerprint density at radius 3 is 2.53 bits per heavy atom. The number of hydrogen-bond donors (Lipinski definition) is 1. The molecule has 1 aromatic rings. The van der Waals surface area contributed by atoms with E-state index >= 15 is 0 Å². The van der Waals surface area contributed by atoms with Crippen LogP contribution >= 0.6 is 0 Å². The number of piperidine rings is 1. The Morgan fingerprint density at radius 1 is 1.26 bits per heavy atom. The van der Waals surface area contributed by atoms with Crippen LogP contribution < -0.4 is 5.32 Å². The van der Waals surface area contributed by atoms with Crippen molar-refractivity contribution >= 4 is 0 Å². The molecule has 106 valence electrons. The molecule has 0 amide bonds. The largest absolute Gasteiger partial charge is 0.307 e. The number of likely N-dealkylation sites (tertiary alicyclic amines) is 1. The lowest BCUT2D eigenvalue weighted by molar-refractivity contribution is 0.0414. The second-order valence-electron chi connectivity index (χ2n) is 6.39. The summed E-state index contributed by atoms with van der Waals surface area (Å²) in [6.07, 6.45) is 0.0994. The molecular formula is C16H25FN2. The number of alkyl halides is 1. The maximum Gasteiger partial charge on any atom is 0.128 e. The average Bonchev–Trinajstić information content (AvgIpc) is 2.37. The molecule has 3 heteroatoms. The fraction of sp³-hybridized carbons (Fsp3) is 0.625. The predicted octanol–water partition coefficient (Wildman–Crippen LogP) is 2.99. The summed E-state index contributed by atoms with van der Waals surface area (Å²) in [6, 6.07) is 10.2. The van der Waals surface area contributed by atoms with Crippen LogP contribution in [0.15, 0.2) is 30.3 Å². The summed E-state index contributed by atoms with van der Waals surface area (Å²) in [4.78, 5) is 2.23. The second kappa shape index (κ2) is 6.02. The number of nitrogens with zero attached hydrogens (tertiary/aromatic N) is 1. The average molecular weight is 264 g/mol. The van der Waals surface area contributed by atoms with Crippen LogP contribution in [0, 0.1) is 0 Å². The third-order valence-corrected chi connectivity index (χ3v) is 3.90. The highest BCUT2D eigenvalue weighted by Crippen LogP contribution is 2.22. The molecule has 1 saturated heterocycles. The first-order chi connectivity index (χ1) is 8.97. The lowest BCUT2D eigenvalue weighted by Gasteiger charge is -2.42. The van der Waals surface area contributed by atoms with Gasteiger partial charge in [0.25, 0.3) is 0 Å². The summed E-state index contributed by atoms with van der Waals surface area (Å²) in [7, 11) is 0. The van der Waals surface area contributed by atoms with Crippen molar-refractivity contribution in [3.05, 3.63) is 35.9 Å². The maximum absolute atomic E-state index is 14.2. The minimum Gasteiger partial charge on any atom is -0.307 e. The molecular weight excluding hydrogens is 239 g/mol. The highest BCUT2D eigenvalue weighted by Gasteiger charge is 2.33. The molecule has 0 aromatic heterocycles. The number of hydrogen-bond acceptors (Lipinski definition) is 2. The zero-order valence-corrected chi connectivity index (χ0v) is 12.2. The molecule has 0 spiro atoms. The van der Waals surface area contributed by atoms with Crippen molar-refractivity contribution in [2.75, 3.05) is 13.1 Å². The van der Waals surface area contributed by atoms with Crippen molar-refractivity contribution in [1.82, 2.24) is 10.2 Å². The van der Waals surface area contributed by atoms with Gasteiger partial charge in [-0.05, 0) is 32.8 Å². The molecule has 2 rings (SSSR count). The van der Waals surface area contributed by atoms with Gasteiger partial charge in [0.2, 0.25) is 0 Å². The molecule has 1 N–H and O–H groups in total. The molecule has 1 fully saturated rings. The first-order valence-electron chi connectivity index (χ1n) is 7.13. The lowest BCUT2D eigenvalue weighted by Crippen LogP contribution is -2.55. The van der Waals surface area contributed by atoms with Crippen LogP contribution in [-0.4, -0.2) is 35.7 Å². The number of rotatable bonds is 3. The van der Waals surface area contributed by atoms with E-state index in [1.54, 1.807) is 0 Å². The molecule has 2 nitrogen and oxygen atoms in total. The van der Waals surface area contributed by atoms with E-state index in [1.807, 2.05) is 18.2 Å². The first kappa shape index (κ1) is 14.5. The van der Waals surface area contributed by atoms with Gasteiger partial charge < -0.3 is 5.32 Å². The molecule has 2 atom stereocenters. The van der Waals surface area contributed by atoms with Crippen LogP contribution in [0.25, 0.3) is 0 Å². The van der Waals surface area contributed by atoms with Gasteiger partial charge in [0.15, 0.2) is 0 Å². The first-order valence-corrected chi connectivity index (χ1v) is 7.13. The Labute approximate surface area is 116 Å². The van der Waals surface area contributed by atoms with Crippen LogP contribution in [0.3, 0.4) is 0 Å². The van der Waals surface area contributed by atoms with Crippen molar-refractivity contribution in [2.45, 2.75) is 51.5 Å². The van der Waals surface area contributed by atoms with Gasteiger partial charge >= 0.3 is 0 Å². The highest BCUT2D eigenvalue weighted by atomic mass is 19.1. The molecule has 0 aliphatic carbocycles. The molecule has 1 aliphatic heterocycles. The van der Waals surface area contributed by atoms with E-state index in [2.05, 4.69) is 43.1 Å². The summed E-state index contributed by atoms with van der Waals surface area (Å²) < 4.78 is 14.2. The van der Waals surface area contributed by atoms with E-state index in [-0.39, 0.29) is 11.6 Å². The van der Waals surface area contributed by atoms with E-state index in [4.69, 9.17) is 0 Å². The van der Waals surface area contributed by atoms with Crippen molar-refractivity contribution in [1.29, 1.82) is 0 Å². The molecule has 1 aliphatic rings. The van der Waals surface area contributed by atoms with Crippen molar-refractivity contribution < 1.29 is 4.39 Å². The fourth-order valence-corrected chi connectivity index (χ4v) is 2.59. The number of nitrogens with one attached hydrogen (secondary N) is 1. The standard InChI is InChI=1S/C16H25FN2/c1-16(2,3)19-10-9-15(14(17)12-19)18-11-13-7-5-4-6-8-13/h4-8,14-15,18H,9-12H2,1-3H3/t14-,15+/m0/s1. The Bertz CT molecular complexity index is 385. The molecule has 19 heavy (non-hydrogen) atoms. The molecule has 0 bridgehead atoms. The van der Waals surface area contributed by atoms with Gasteiger partial charge in [0.05, 0.1) is 0 Å². The number of halogens is 1. The van der Waals surface area contributed by atoms with E-state index in [1.165, 1.54) is 5.56 Å². The van der Waals surface area contributed by atoms with Crippen LogP contribution in [0.1, 0.15) is 32.8 Å². The van der Waals surface area contributed by atoms with E-state index in [0.29, 0.717) is 6.54 Å². The summed E-state index contributed by atoms with van der Waals surface area (Å²) in [6.45, 7) is 8.71. The van der Waals surface area contributed by atoms with Crippen molar-refractivity contribution in [2.24, 2.45) is 0 Å². The number of benzene rings is 1. The van der Waals surface area contributed by atoms with Gasteiger partial charge in [-0.15, -0.1) is 0 Å². The van der Waals surface area contributed by atoms with Crippen molar-refractivity contribution in [3.8, 4) is 0 Å². The van der Waals surface area contributed by atoms with Crippen LogP contribution in [0.4, 0.5) is 4.39 Å². The van der Waals surface area contributed by atoms with Crippen LogP contribution in [-0.2, 0) is 6.54 Å². The summed E-state index contributed by atoms with van der Waals surface area (Å²) in [5.74, 6) is 0. The highest BCUT2D eigenvalue weighted by molar-refractivity contribution is 5.14. The van der Waals surface area contributed by atoms with Crippen molar-refractivity contribution in [3.63, 3.8) is 0 Å². The van der Waals surface area contributed by atoms with Crippen LogP contribution in [0.2, 0.25) is 0 Å². The predicted molar refractivity (Wildman–Crippen MR) is 77.9 cm³/mol. The zero-order chi connectivity index (χ0) is 13.9. The van der Waals surface area contributed by atoms with Gasteiger partial charge in [-0.3, -0.25) is 4.90 Å². The van der Waals surface area contributed by atoms with E-state index in [0.717, 1.165) is 19.5 Å². The summed E-state index contributed by atoms with van der Waals surface area (Å²) in [5, 5.41) is 3.36. The maximum atomic E-state index is 14.2. The zero-order valence-electron chi connectivity index (χ0n) is 12.2. The Morgan fingerprint density at radius 2 is 1.95 bits per heavy atom. The Balaban J connectivity index is 1.84. The Hall–Kier alpha value is -0.930. The quantitative estimate of drug-likeness (QED) is 0.903. The third-order valence-electron chi connectivity index (χ3n) is 3.90. The molecule has 1 heterocycles. The monoisotopic (exact) mass is 264 g/mol. The fourth-order valence-electron chi connectivity index (χ4n) is 2.59. The minimum atomic E-state index is -0.781. The lowest BCUT2D eigenvalue weighted by atomic mass is 9.96. The van der Waals surface area contributed by atoms with Gasteiger partial charge in [0, 0.05) is 31.2 Å². The molecule has 0 saturated carbocycles. The van der Waals surface area contributed by atoms with Gasteiger partial charge in [-0.25, -0.2) is 4.39 Å². The van der Waals surface area contributed by atoms with Crippen LogP contribution in [0.5, 0.6) is 0 Å². The minimum absolute atomic E-state index is 0.0150. The van der Waals surface area contributed by atoms with E-state index in [9.17, 15) is 4.39 Å². The van der Waals surface area contributed by atoms with Gasteiger partial charge in [-0.1, -0.05) is 30.3 Å². The molecule has 0 radical (unpaired) electrons. The smallest absolute Gasteiger partial charge is 0.128 e. The van der Waals surface area contributed by atoms with Gasteiger partial charge in [-0.2, -0.15) is 0 Å². The molecule has 0 unspecified atom stereocenters. The normalized spacial score (nSPS) is 25.5. The third kappa shape index (κ3) is 4.02. The second-order valence-corrected chi connectivity index (χ2v) is 6.39. The van der Waals surface area contributed by atoms with E-state index < -0.39 is 6.17 Å². The molecule has 1 aromatic carbocycles. The Kier molecular flexibility index (Phi) is 4.58.